The van der Waals surface area contributed by atoms with Crippen LogP contribution in [-0.2, 0) is 22.1 Å². The van der Waals surface area contributed by atoms with Crippen LogP contribution in [0.2, 0.25) is 0 Å². The van der Waals surface area contributed by atoms with Crippen molar-refractivity contribution in [1.29, 1.82) is 0 Å². The van der Waals surface area contributed by atoms with E-state index in [1.54, 1.807) is 6.92 Å². The van der Waals surface area contributed by atoms with Crippen molar-refractivity contribution in [2.24, 2.45) is 0 Å². The summed E-state index contributed by atoms with van der Waals surface area (Å²) in [5, 5.41) is -0.998. The predicted molar refractivity (Wildman–Crippen MR) is 69.1 cm³/mol. The normalized spacial score (nSPS) is 13.2. The molecular weight excluding hydrogens is 348 g/mol. The van der Waals surface area contributed by atoms with Crippen LogP contribution in [0, 0.1) is 0 Å². The number of halogens is 5. The van der Waals surface area contributed by atoms with Gasteiger partial charge in [0.25, 0.3) is 0 Å². The van der Waals surface area contributed by atoms with E-state index in [0.29, 0.717) is 5.56 Å². The van der Waals surface area contributed by atoms with Crippen LogP contribution in [0.1, 0.15) is 18.1 Å². The maximum atomic E-state index is 12.7. The van der Waals surface area contributed by atoms with Crippen LogP contribution in [0.15, 0.2) is 22.7 Å². The number of alkyl halides is 4. The summed E-state index contributed by atoms with van der Waals surface area (Å²) in [6.45, 7) is 1.80. The van der Waals surface area contributed by atoms with Crippen LogP contribution >= 0.6 is 27.5 Å². The Balaban J connectivity index is 2.89. The minimum atomic E-state index is -4.46. The molecule has 0 radical (unpaired) electrons. The van der Waals surface area contributed by atoms with Gasteiger partial charge in [0.1, 0.15) is 5.38 Å². The highest BCUT2D eigenvalue weighted by atomic mass is 79.9. The second kappa shape index (κ2) is 6.61. The largest absolute Gasteiger partial charge is 0.465 e. The third-order valence-electron chi connectivity index (χ3n) is 2.29. The molecule has 0 aromatic heterocycles. The summed E-state index contributed by atoms with van der Waals surface area (Å²) in [5.74, 6) is -0.638. The number of carbonyl (C=O) groups is 1. The molecule has 0 saturated heterocycles. The first-order valence-corrected chi connectivity index (χ1v) is 6.65. The molecule has 0 amide bonds. The topological polar surface area (TPSA) is 26.3 Å². The van der Waals surface area contributed by atoms with Gasteiger partial charge in [0.15, 0.2) is 0 Å². The summed E-state index contributed by atoms with van der Waals surface area (Å²) in [5.41, 5.74) is -0.471. The van der Waals surface area contributed by atoms with Gasteiger partial charge < -0.3 is 4.74 Å². The third kappa shape index (κ3) is 4.69. The zero-order chi connectivity index (χ0) is 14.6. The summed E-state index contributed by atoms with van der Waals surface area (Å²) in [7, 11) is 0. The fourth-order valence-electron chi connectivity index (χ4n) is 1.44. The number of rotatable bonds is 4. The Morgan fingerprint density at radius 3 is 2.63 bits per heavy atom. The van der Waals surface area contributed by atoms with Crippen molar-refractivity contribution in [3.8, 4) is 0 Å². The van der Waals surface area contributed by atoms with Crippen LogP contribution in [0.5, 0.6) is 0 Å². The predicted octanol–water partition coefficient (Wildman–Crippen LogP) is 4.18. The average molecular weight is 360 g/mol. The first-order valence-electron chi connectivity index (χ1n) is 5.42. The van der Waals surface area contributed by atoms with Gasteiger partial charge in [0.2, 0.25) is 0 Å². The molecule has 1 unspecified atom stereocenters. The van der Waals surface area contributed by atoms with E-state index in [1.165, 1.54) is 12.1 Å². The van der Waals surface area contributed by atoms with Crippen LogP contribution < -0.4 is 0 Å². The van der Waals surface area contributed by atoms with Gasteiger partial charge >= 0.3 is 12.1 Å². The number of ether oxygens (including phenoxy) is 1. The summed E-state index contributed by atoms with van der Waals surface area (Å²) < 4.78 is 42.7. The lowest BCUT2D eigenvalue weighted by Gasteiger charge is -2.13. The van der Waals surface area contributed by atoms with E-state index in [0.717, 1.165) is 6.07 Å². The minimum absolute atomic E-state index is 0.0171. The maximum absolute atomic E-state index is 12.7. The lowest BCUT2D eigenvalue weighted by Crippen LogP contribution is -2.20. The van der Waals surface area contributed by atoms with Gasteiger partial charge in [-0.1, -0.05) is 22.0 Å². The first kappa shape index (κ1) is 16.3. The van der Waals surface area contributed by atoms with Gasteiger partial charge in [-0.15, -0.1) is 11.6 Å². The fourth-order valence-corrected chi connectivity index (χ4v) is 2.15. The van der Waals surface area contributed by atoms with Gasteiger partial charge in [0.05, 0.1) is 12.2 Å². The number of hydrogen-bond acceptors (Lipinski definition) is 2. The Morgan fingerprint density at radius 2 is 2.11 bits per heavy atom. The molecule has 0 heterocycles. The van der Waals surface area contributed by atoms with Crippen molar-refractivity contribution in [3.05, 3.63) is 33.8 Å². The Hall–Kier alpha value is -0.750. The lowest BCUT2D eigenvalue weighted by molar-refractivity contribution is -0.142. The molecule has 0 aliphatic heterocycles. The Labute approximate surface area is 122 Å². The Kier molecular flexibility index (Phi) is 5.67. The van der Waals surface area contributed by atoms with Crippen LogP contribution in [-0.4, -0.2) is 18.0 Å². The highest BCUT2D eigenvalue weighted by Crippen LogP contribution is 2.35. The molecule has 0 bridgehead atoms. The van der Waals surface area contributed by atoms with Crippen molar-refractivity contribution in [2.45, 2.75) is 24.9 Å². The van der Waals surface area contributed by atoms with Gasteiger partial charge in [-0.25, -0.2) is 0 Å². The molecule has 2 nitrogen and oxygen atoms in total. The molecule has 0 spiro atoms. The maximum Gasteiger partial charge on any atom is 0.417 e. The number of benzene rings is 1. The highest BCUT2D eigenvalue weighted by molar-refractivity contribution is 9.10. The first-order chi connectivity index (χ1) is 8.75. The molecule has 0 N–H and O–H groups in total. The molecule has 19 heavy (non-hydrogen) atoms. The lowest BCUT2D eigenvalue weighted by atomic mass is 10.1. The zero-order valence-electron chi connectivity index (χ0n) is 9.93. The average Bonchev–Trinajstić information content (AvgIpc) is 2.30. The second-order valence-electron chi connectivity index (χ2n) is 3.74. The molecular formula is C12H11BrClF3O2. The van der Waals surface area contributed by atoms with Crippen LogP contribution in [0.4, 0.5) is 13.2 Å². The second-order valence-corrected chi connectivity index (χ2v) is 5.12. The molecule has 7 heteroatoms. The minimum Gasteiger partial charge on any atom is -0.465 e. The van der Waals surface area contributed by atoms with E-state index in [-0.39, 0.29) is 17.5 Å². The van der Waals surface area contributed by atoms with E-state index in [2.05, 4.69) is 15.9 Å². The SMILES string of the molecule is CCOC(=O)C(Cl)Cc1ccc(Br)c(C(F)(F)F)c1. The number of carbonyl (C=O) groups excluding carboxylic acids is 1. The van der Waals surface area contributed by atoms with E-state index in [9.17, 15) is 18.0 Å². The van der Waals surface area contributed by atoms with E-state index >= 15 is 0 Å². The fraction of sp³-hybridized carbons (Fsp3) is 0.417. The quantitative estimate of drug-likeness (QED) is 0.595. The van der Waals surface area contributed by atoms with Crippen LogP contribution in [0.25, 0.3) is 0 Å². The van der Waals surface area contributed by atoms with Crippen molar-refractivity contribution in [2.75, 3.05) is 6.61 Å². The van der Waals surface area contributed by atoms with E-state index < -0.39 is 23.1 Å². The zero-order valence-corrected chi connectivity index (χ0v) is 12.3. The smallest absolute Gasteiger partial charge is 0.417 e. The number of hydrogen-bond donors (Lipinski definition) is 0. The standard InChI is InChI=1S/C12H11BrClF3O2/c1-2-19-11(18)10(14)6-7-3-4-9(13)8(5-7)12(15,16)17/h3-5,10H,2,6H2,1H3. The Bertz CT molecular complexity index is 463. The van der Waals surface area contributed by atoms with Gasteiger partial charge in [-0.05, 0) is 31.0 Å². The molecule has 106 valence electrons. The monoisotopic (exact) mass is 358 g/mol. The molecule has 0 aliphatic rings. The molecule has 0 aliphatic carbocycles. The number of esters is 1. The summed E-state index contributed by atoms with van der Waals surface area (Å²) in [4.78, 5) is 11.3. The van der Waals surface area contributed by atoms with Crippen molar-refractivity contribution >= 4 is 33.5 Å². The molecule has 1 atom stereocenters. The van der Waals surface area contributed by atoms with E-state index in [4.69, 9.17) is 16.3 Å². The molecule has 0 fully saturated rings. The van der Waals surface area contributed by atoms with Crippen molar-refractivity contribution in [1.82, 2.24) is 0 Å². The molecule has 1 aromatic carbocycles. The summed E-state index contributed by atoms with van der Waals surface area (Å²) in [6.07, 6.45) is -4.47. The van der Waals surface area contributed by atoms with Crippen LogP contribution in [0.3, 0.4) is 0 Å². The third-order valence-corrected chi connectivity index (χ3v) is 3.32. The van der Waals surface area contributed by atoms with E-state index in [1.807, 2.05) is 0 Å². The summed E-state index contributed by atoms with van der Waals surface area (Å²) in [6, 6.07) is 3.74. The van der Waals surface area contributed by atoms with Gasteiger partial charge in [-0.3, -0.25) is 4.79 Å². The van der Waals surface area contributed by atoms with Gasteiger partial charge in [-0.2, -0.15) is 13.2 Å². The Morgan fingerprint density at radius 1 is 1.47 bits per heavy atom. The van der Waals surface area contributed by atoms with Crippen molar-refractivity contribution < 1.29 is 22.7 Å². The molecule has 1 rings (SSSR count). The van der Waals surface area contributed by atoms with Crippen molar-refractivity contribution in [3.63, 3.8) is 0 Å². The summed E-state index contributed by atoms with van der Waals surface area (Å²) >= 11 is 8.63. The highest BCUT2D eigenvalue weighted by Gasteiger charge is 2.33. The van der Waals surface area contributed by atoms with Gasteiger partial charge in [0, 0.05) is 4.47 Å². The molecule has 0 saturated carbocycles. The molecule has 1 aromatic rings.